The first-order valence-corrected chi connectivity index (χ1v) is 4.12. The molecule has 0 saturated carbocycles. The van der Waals surface area contributed by atoms with Gasteiger partial charge in [-0.05, 0) is 5.92 Å². The third-order valence-electron chi connectivity index (χ3n) is 1.68. The van der Waals surface area contributed by atoms with Crippen molar-refractivity contribution >= 4 is 0 Å². The molecule has 1 aromatic heterocycles. The van der Waals surface area contributed by atoms with E-state index < -0.39 is 0 Å². The number of rotatable bonds is 3. The van der Waals surface area contributed by atoms with Crippen LogP contribution in [0.25, 0.3) is 0 Å². The zero-order chi connectivity index (χ0) is 9.14. The molecule has 1 heterocycles. The zero-order valence-corrected chi connectivity index (χ0v) is 7.50. The number of aromatic amines is 1. The Bertz CT molecular complexity index is 297. The van der Waals surface area contributed by atoms with Crippen LogP contribution in [0.3, 0.4) is 0 Å². The molecule has 0 saturated heterocycles. The van der Waals surface area contributed by atoms with Crippen molar-refractivity contribution in [3.8, 4) is 0 Å². The Morgan fingerprint density at radius 1 is 1.67 bits per heavy atom. The number of H-pyrrole nitrogens is 1. The van der Waals surface area contributed by atoms with Gasteiger partial charge in [0.2, 0.25) is 0 Å². The molecule has 0 aliphatic carbocycles. The molecule has 68 valence electrons. The van der Waals surface area contributed by atoms with Crippen LogP contribution in [0.15, 0.2) is 11.0 Å². The van der Waals surface area contributed by atoms with Gasteiger partial charge in [-0.25, -0.2) is 0 Å². The quantitative estimate of drug-likeness (QED) is 0.683. The molecular weight excluding hydrogens is 154 g/mol. The molecule has 0 atom stereocenters. The molecule has 1 rings (SSSR count). The van der Waals surface area contributed by atoms with Gasteiger partial charge in [-0.15, -0.1) is 0 Å². The van der Waals surface area contributed by atoms with Crippen molar-refractivity contribution in [1.29, 1.82) is 0 Å². The molecule has 0 spiro atoms. The highest BCUT2D eigenvalue weighted by Gasteiger charge is 2.04. The van der Waals surface area contributed by atoms with E-state index in [1.54, 1.807) is 10.9 Å². The highest BCUT2D eigenvalue weighted by Crippen LogP contribution is 1.95. The summed E-state index contributed by atoms with van der Waals surface area (Å²) in [5, 5.41) is 2.88. The van der Waals surface area contributed by atoms with Crippen molar-refractivity contribution in [2.24, 2.45) is 11.7 Å². The molecule has 0 amide bonds. The minimum Gasteiger partial charge on any atom is -0.326 e. The second-order valence-electron chi connectivity index (χ2n) is 3.31. The molecule has 3 N–H and O–H groups in total. The summed E-state index contributed by atoms with van der Waals surface area (Å²) >= 11 is 0. The van der Waals surface area contributed by atoms with Gasteiger partial charge in [0.05, 0.1) is 0 Å². The maximum atomic E-state index is 11.4. The average molecular weight is 169 g/mol. The predicted molar refractivity (Wildman–Crippen MR) is 47.8 cm³/mol. The third kappa shape index (κ3) is 1.76. The molecule has 0 aliphatic rings. The van der Waals surface area contributed by atoms with E-state index in [0.717, 1.165) is 6.54 Å². The van der Waals surface area contributed by atoms with Crippen molar-refractivity contribution in [3.63, 3.8) is 0 Å². The van der Waals surface area contributed by atoms with E-state index in [-0.39, 0.29) is 5.56 Å². The minimum atomic E-state index is 0.00574. The van der Waals surface area contributed by atoms with E-state index in [9.17, 15) is 4.79 Å². The Labute approximate surface area is 71.4 Å². The van der Waals surface area contributed by atoms with E-state index in [1.165, 1.54) is 0 Å². The summed E-state index contributed by atoms with van der Waals surface area (Å²) in [6.45, 7) is 5.16. The van der Waals surface area contributed by atoms with Crippen LogP contribution in [-0.2, 0) is 13.1 Å². The summed E-state index contributed by atoms with van der Waals surface area (Å²) in [6, 6.07) is 0. The first-order chi connectivity index (χ1) is 5.65. The minimum absolute atomic E-state index is 0.00574. The lowest BCUT2D eigenvalue weighted by Crippen LogP contribution is -2.22. The SMILES string of the molecule is CC(C)Cn1[nH]cc(CN)c1=O. The van der Waals surface area contributed by atoms with E-state index in [1.807, 2.05) is 0 Å². The van der Waals surface area contributed by atoms with Gasteiger partial charge in [0, 0.05) is 24.8 Å². The van der Waals surface area contributed by atoms with E-state index in [2.05, 4.69) is 18.9 Å². The number of nitrogens with one attached hydrogen (secondary N) is 1. The number of nitrogens with two attached hydrogens (primary N) is 1. The van der Waals surface area contributed by atoms with Gasteiger partial charge in [-0.3, -0.25) is 9.48 Å². The lowest BCUT2D eigenvalue weighted by atomic mass is 10.2. The number of hydrogen-bond donors (Lipinski definition) is 2. The fourth-order valence-corrected chi connectivity index (χ4v) is 1.10. The van der Waals surface area contributed by atoms with Crippen molar-refractivity contribution in [1.82, 2.24) is 9.78 Å². The molecule has 4 heteroatoms. The van der Waals surface area contributed by atoms with E-state index in [0.29, 0.717) is 18.0 Å². The van der Waals surface area contributed by atoms with E-state index >= 15 is 0 Å². The molecule has 0 bridgehead atoms. The number of hydrogen-bond acceptors (Lipinski definition) is 2. The summed E-state index contributed by atoms with van der Waals surface area (Å²) in [7, 11) is 0. The molecule has 0 aliphatic heterocycles. The summed E-state index contributed by atoms with van der Waals surface area (Å²) in [5.74, 6) is 0.465. The highest BCUT2D eigenvalue weighted by atomic mass is 16.1. The molecular formula is C8H15N3O. The van der Waals surface area contributed by atoms with Crippen LogP contribution in [-0.4, -0.2) is 9.78 Å². The third-order valence-corrected chi connectivity index (χ3v) is 1.68. The molecule has 4 nitrogen and oxygen atoms in total. The van der Waals surface area contributed by atoms with Crippen LogP contribution in [0.2, 0.25) is 0 Å². The summed E-state index contributed by atoms with van der Waals surface area (Å²) < 4.78 is 1.59. The second kappa shape index (κ2) is 3.58. The number of aromatic nitrogens is 2. The molecule has 0 radical (unpaired) electrons. The van der Waals surface area contributed by atoms with Gasteiger partial charge in [-0.2, -0.15) is 0 Å². The van der Waals surface area contributed by atoms with Crippen molar-refractivity contribution < 1.29 is 0 Å². The monoisotopic (exact) mass is 169 g/mol. The van der Waals surface area contributed by atoms with Crippen LogP contribution >= 0.6 is 0 Å². The van der Waals surface area contributed by atoms with Gasteiger partial charge >= 0.3 is 0 Å². The van der Waals surface area contributed by atoms with Crippen LogP contribution < -0.4 is 11.3 Å². The van der Waals surface area contributed by atoms with Gasteiger partial charge in [-0.1, -0.05) is 13.8 Å². The maximum Gasteiger partial charge on any atom is 0.270 e. The van der Waals surface area contributed by atoms with Crippen molar-refractivity contribution in [2.45, 2.75) is 26.9 Å². The average Bonchev–Trinajstić information content (AvgIpc) is 2.32. The smallest absolute Gasteiger partial charge is 0.270 e. The Kier molecular flexibility index (Phi) is 2.70. The Hall–Kier alpha value is -1.03. The standard InChI is InChI=1S/C8H15N3O/c1-6(2)5-11-8(12)7(3-9)4-10-11/h4,6,10H,3,5,9H2,1-2H3. The van der Waals surface area contributed by atoms with Crippen LogP contribution in [0.5, 0.6) is 0 Å². The van der Waals surface area contributed by atoms with Gasteiger partial charge in [0.1, 0.15) is 0 Å². The van der Waals surface area contributed by atoms with Crippen molar-refractivity contribution in [3.05, 3.63) is 22.1 Å². The summed E-state index contributed by atoms with van der Waals surface area (Å²) in [5.41, 5.74) is 6.02. The van der Waals surface area contributed by atoms with Gasteiger partial charge < -0.3 is 10.8 Å². The highest BCUT2D eigenvalue weighted by molar-refractivity contribution is 5.03. The summed E-state index contributed by atoms with van der Waals surface area (Å²) in [6.07, 6.45) is 1.67. The van der Waals surface area contributed by atoms with Gasteiger partial charge in [0.25, 0.3) is 5.56 Å². The fraction of sp³-hybridized carbons (Fsp3) is 0.625. The maximum absolute atomic E-state index is 11.4. The molecule has 0 aromatic carbocycles. The van der Waals surface area contributed by atoms with Crippen LogP contribution in [0, 0.1) is 5.92 Å². The normalized spacial score (nSPS) is 11.0. The van der Waals surface area contributed by atoms with E-state index in [4.69, 9.17) is 5.73 Å². The first-order valence-electron chi connectivity index (χ1n) is 4.12. The summed E-state index contributed by atoms with van der Waals surface area (Å²) in [4.78, 5) is 11.4. The zero-order valence-electron chi connectivity index (χ0n) is 7.50. The Balaban J connectivity index is 2.88. The van der Waals surface area contributed by atoms with Gasteiger partial charge in [0.15, 0.2) is 0 Å². The predicted octanol–water partition coefficient (Wildman–Crippen LogP) is 0.291. The second-order valence-corrected chi connectivity index (χ2v) is 3.31. The number of nitrogens with zero attached hydrogens (tertiary/aromatic N) is 1. The Morgan fingerprint density at radius 3 is 2.75 bits per heavy atom. The Morgan fingerprint density at radius 2 is 2.33 bits per heavy atom. The van der Waals surface area contributed by atoms with Crippen LogP contribution in [0.1, 0.15) is 19.4 Å². The molecule has 0 unspecified atom stereocenters. The lowest BCUT2D eigenvalue weighted by Gasteiger charge is -2.03. The lowest BCUT2D eigenvalue weighted by molar-refractivity contribution is 0.472. The molecule has 1 aromatic rings. The van der Waals surface area contributed by atoms with Crippen molar-refractivity contribution in [2.75, 3.05) is 0 Å². The van der Waals surface area contributed by atoms with Crippen LogP contribution in [0.4, 0.5) is 0 Å². The molecule has 12 heavy (non-hydrogen) atoms. The first kappa shape index (κ1) is 9.06. The molecule has 0 fully saturated rings. The fourth-order valence-electron chi connectivity index (χ4n) is 1.10. The largest absolute Gasteiger partial charge is 0.326 e. The topological polar surface area (TPSA) is 63.8 Å².